The van der Waals surface area contributed by atoms with E-state index in [1.165, 1.54) is 18.8 Å². The highest BCUT2D eigenvalue weighted by Crippen LogP contribution is 2.19. The van der Waals surface area contributed by atoms with Crippen LogP contribution in [0.5, 0.6) is 0 Å². The van der Waals surface area contributed by atoms with Crippen LogP contribution in [0.2, 0.25) is 0 Å². The highest BCUT2D eigenvalue weighted by atomic mass is 16.4. The molecular weight excluding hydrogens is 206 g/mol. The number of carboxylic acid groups (broad SMARTS) is 1. The third kappa shape index (κ3) is 2.29. The largest absolute Gasteiger partial charge is 0.545 e. The predicted molar refractivity (Wildman–Crippen MR) is 57.0 cm³/mol. The first-order valence-corrected chi connectivity index (χ1v) is 5.45. The summed E-state index contributed by atoms with van der Waals surface area (Å²) in [5.41, 5.74) is 0.0220. The van der Waals surface area contributed by atoms with Crippen LogP contribution >= 0.6 is 0 Å². The molecular formula is C11H14N3O2-. The SMILES string of the molecule is C[C@H]1CCCN(c2ncc(C(=O)[O-])cn2)C1. The van der Waals surface area contributed by atoms with Gasteiger partial charge < -0.3 is 14.8 Å². The second kappa shape index (κ2) is 4.47. The van der Waals surface area contributed by atoms with Crippen LogP contribution in [0.3, 0.4) is 0 Å². The van der Waals surface area contributed by atoms with E-state index in [0.717, 1.165) is 19.5 Å². The van der Waals surface area contributed by atoms with Crippen molar-refractivity contribution in [1.29, 1.82) is 0 Å². The van der Waals surface area contributed by atoms with Crippen molar-refractivity contribution >= 4 is 11.9 Å². The molecule has 16 heavy (non-hydrogen) atoms. The minimum absolute atomic E-state index is 0.0220. The van der Waals surface area contributed by atoms with E-state index in [2.05, 4.69) is 21.8 Å². The van der Waals surface area contributed by atoms with E-state index in [0.29, 0.717) is 11.9 Å². The Kier molecular flexibility index (Phi) is 3.03. The van der Waals surface area contributed by atoms with Gasteiger partial charge in [0.1, 0.15) is 0 Å². The van der Waals surface area contributed by atoms with Gasteiger partial charge in [-0.15, -0.1) is 0 Å². The van der Waals surface area contributed by atoms with Gasteiger partial charge >= 0.3 is 0 Å². The molecule has 5 heteroatoms. The average Bonchev–Trinajstić information content (AvgIpc) is 2.29. The number of hydrogen-bond donors (Lipinski definition) is 0. The Balaban J connectivity index is 2.11. The van der Waals surface area contributed by atoms with Crippen LogP contribution in [0.1, 0.15) is 30.1 Å². The Morgan fingerprint density at radius 1 is 1.50 bits per heavy atom. The number of nitrogens with zero attached hydrogens (tertiary/aromatic N) is 3. The Bertz CT molecular complexity index is 377. The van der Waals surface area contributed by atoms with E-state index in [1.54, 1.807) is 0 Å². The van der Waals surface area contributed by atoms with Crippen LogP contribution in [0, 0.1) is 5.92 Å². The zero-order valence-electron chi connectivity index (χ0n) is 9.22. The second-order valence-corrected chi connectivity index (χ2v) is 4.25. The number of piperidine rings is 1. The van der Waals surface area contributed by atoms with Crippen molar-refractivity contribution in [1.82, 2.24) is 9.97 Å². The molecule has 0 spiro atoms. The second-order valence-electron chi connectivity index (χ2n) is 4.25. The first kappa shape index (κ1) is 10.9. The molecule has 0 amide bonds. The van der Waals surface area contributed by atoms with Gasteiger partial charge in [-0.1, -0.05) is 6.92 Å². The molecule has 0 unspecified atom stereocenters. The molecule has 0 aliphatic carbocycles. The molecule has 1 aromatic rings. The minimum Gasteiger partial charge on any atom is -0.545 e. The lowest BCUT2D eigenvalue weighted by molar-refractivity contribution is -0.255. The van der Waals surface area contributed by atoms with Crippen LogP contribution in [0.25, 0.3) is 0 Å². The first-order valence-electron chi connectivity index (χ1n) is 5.45. The highest BCUT2D eigenvalue weighted by Gasteiger charge is 2.18. The standard InChI is InChI=1S/C11H15N3O2/c1-8-3-2-4-14(7-8)11-12-5-9(6-13-11)10(15)16/h5-6,8H,2-4,7H2,1H3,(H,15,16)/p-1/t8-/m0/s1. The van der Waals surface area contributed by atoms with E-state index in [1.807, 2.05) is 0 Å². The van der Waals surface area contributed by atoms with Crippen molar-refractivity contribution in [3.63, 3.8) is 0 Å². The number of carbonyl (C=O) groups excluding carboxylic acids is 1. The number of aromatic nitrogens is 2. The fourth-order valence-corrected chi connectivity index (χ4v) is 1.96. The molecule has 1 aliphatic heterocycles. The molecule has 0 saturated carbocycles. The van der Waals surface area contributed by atoms with Crippen LogP contribution < -0.4 is 10.0 Å². The van der Waals surface area contributed by atoms with E-state index >= 15 is 0 Å². The average molecular weight is 220 g/mol. The summed E-state index contributed by atoms with van der Waals surface area (Å²) < 4.78 is 0. The molecule has 2 rings (SSSR count). The number of carboxylic acids is 1. The van der Waals surface area contributed by atoms with Gasteiger partial charge in [0.2, 0.25) is 5.95 Å². The lowest BCUT2D eigenvalue weighted by Crippen LogP contribution is -2.35. The zero-order chi connectivity index (χ0) is 11.5. The van der Waals surface area contributed by atoms with Gasteiger partial charge in [-0.2, -0.15) is 0 Å². The Morgan fingerprint density at radius 3 is 2.75 bits per heavy atom. The fourth-order valence-electron chi connectivity index (χ4n) is 1.96. The number of carbonyl (C=O) groups is 1. The van der Waals surface area contributed by atoms with Crippen LogP contribution in [-0.4, -0.2) is 29.0 Å². The van der Waals surface area contributed by atoms with E-state index < -0.39 is 5.97 Å². The molecule has 0 aromatic carbocycles. The van der Waals surface area contributed by atoms with Crippen molar-refractivity contribution < 1.29 is 9.90 Å². The summed E-state index contributed by atoms with van der Waals surface area (Å²) in [4.78, 5) is 20.7. The Labute approximate surface area is 94.1 Å². The monoisotopic (exact) mass is 220 g/mol. The van der Waals surface area contributed by atoms with Crippen LogP contribution in [0.4, 0.5) is 5.95 Å². The summed E-state index contributed by atoms with van der Waals surface area (Å²) in [6.45, 7) is 4.07. The quantitative estimate of drug-likeness (QED) is 0.705. The number of aromatic carboxylic acids is 1. The highest BCUT2D eigenvalue weighted by molar-refractivity contribution is 5.84. The molecule has 1 aromatic heterocycles. The molecule has 2 heterocycles. The summed E-state index contributed by atoms with van der Waals surface area (Å²) in [7, 11) is 0. The molecule has 1 atom stereocenters. The van der Waals surface area contributed by atoms with Gasteiger partial charge in [0.15, 0.2) is 0 Å². The number of anilines is 1. The zero-order valence-corrected chi connectivity index (χ0v) is 9.22. The summed E-state index contributed by atoms with van der Waals surface area (Å²) in [5, 5.41) is 10.5. The molecule has 5 nitrogen and oxygen atoms in total. The summed E-state index contributed by atoms with van der Waals surface area (Å²) in [6.07, 6.45) is 4.97. The van der Waals surface area contributed by atoms with Crippen molar-refractivity contribution in [3.8, 4) is 0 Å². The lowest BCUT2D eigenvalue weighted by atomic mass is 10.0. The normalized spacial score (nSPS) is 20.8. The smallest absolute Gasteiger partial charge is 0.225 e. The third-order valence-corrected chi connectivity index (χ3v) is 2.81. The van der Waals surface area contributed by atoms with Gasteiger partial charge in [0.05, 0.1) is 5.97 Å². The number of hydrogen-bond acceptors (Lipinski definition) is 5. The van der Waals surface area contributed by atoms with E-state index in [4.69, 9.17) is 0 Å². The molecule has 86 valence electrons. The topological polar surface area (TPSA) is 69.2 Å². The van der Waals surface area contributed by atoms with Gasteiger partial charge in [-0.05, 0) is 18.8 Å². The molecule has 1 aliphatic rings. The maximum atomic E-state index is 10.5. The van der Waals surface area contributed by atoms with Gasteiger partial charge in [0.25, 0.3) is 0 Å². The maximum absolute atomic E-state index is 10.5. The predicted octanol–water partition coefficient (Wildman–Crippen LogP) is 0.0764. The summed E-state index contributed by atoms with van der Waals surface area (Å²) >= 11 is 0. The summed E-state index contributed by atoms with van der Waals surface area (Å²) in [6, 6.07) is 0. The van der Waals surface area contributed by atoms with Gasteiger partial charge in [-0.25, -0.2) is 9.97 Å². The maximum Gasteiger partial charge on any atom is 0.225 e. The first-order chi connectivity index (χ1) is 7.66. The van der Waals surface area contributed by atoms with E-state index in [9.17, 15) is 9.90 Å². The van der Waals surface area contributed by atoms with Crippen molar-refractivity contribution in [2.24, 2.45) is 5.92 Å². The third-order valence-electron chi connectivity index (χ3n) is 2.81. The van der Waals surface area contributed by atoms with Crippen LogP contribution in [-0.2, 0) is 0 Å². The molecule has 0 bridgehead atoms. The summed E-state index contributed by atoms with van der Waals surface area (Å²) in [5.74, 6) is 0.00767. The number of rotatable bonds is 2. The molecule has 1 saturated heterocycles. The van der Waals surface area contributed by atoms with Gasteiger partial charge in [0, 0.05) is 31.0 Å². The lowest BCUT2D eigenvalue weighted by Gasteiger charge is -2.30. The van der Waals surface area contributed by atoms with Gasteiger partial charge in [-0.3, -0.25) is 0 Å². The fraction of sp³-hybridized carbons (Fsp3) is 0.545. The Hall–Kier alpha value is -1.65. The van der Waals surface area contributed by atoms with Crippen molar-refractivity contribution in [2.45, 2.75) is 19.8 Å². The molecule has 0 N–H and O–H groups in total. The Morgan fingerprint density at radius 2 is 2.19 bits per heavy atom. The van der Waals surface area contributed by atoms with Crippen molar-refractivity contribution in [2.75, 3.05) is 18.0 Å². The minimum atomic E-state index is -1.24. The van der Waals surface area contributed by atoms with E-state index in [-0.39, 0.29) is 5.56 Å². The van der Waals surface area contributed by atoms with Crippen molar-refractivity contribution in [3.05, 3.63) is 18.0 Å². The van der Waals surface area contributed by atoms with Crippen LogP contribution in [0.15, 0.2) is 12.4 Å². The molecule has 1 fully saturated rings. The molecule has 0 radical (unpaired) electrons.